The first-order valence-corrected chi connectivity index (χ1v) is 9.51. The number of hydrogen-bond acceptors (Lipinski definition) is 7. The van der Waals surface area contributed by atoms with E-state index in [1.807, 2.05) is 26.0 Å². The van der Waals surface area contributed by atoms with E-state index in [0.717, 1.165) is 43.9 Å². The molecule has 1 saturated heterocycles. The molecule has 0 aliphatic carbocycles. The van der Waals surface area contributed by atoms with E-state index < -0.39 is 0 Å². The fourth-order valence-electron chi connectivity index (χ4n) is 3.40. The fourth-order valence-corrected chi connectivity index (χ4v) is 3.40. The third kappa shape index (κ3) is 4.87. The van der Waals surface area contributed by atoms with Gasteiger partial charge in [-0.3, -0.25) is 4.90 Å². The van der Waals surface area contributed by atoms with Crippen LogP contribution in [-0.4, -0.2) is 58.9 Å². The number of hydrogen-bond donors (Lipinski definition) is 2. The fraction of sp³-hybridized carbons (Fsp3) is 0.500. The Labute approximate surface area is 160 Å². The summed E-state index contributed by atoms with van der Waals surface area (Å²) >= 11 is 0. The van der Waals surface area contributed by atoms with E-state index >= 15 is 0 Å². The van der Waals surface area contributed by atoms with Crippen LogP contribution in [0.25, 0.3) is 0 Å². The van der Waals surface area contributed by atoms with Crippen LogP contribution in [0.2, 0.25) is 0 Å². The van der Waals surface area contributed by atoms with Crippen molar-refractivity contribution in [1.82, 2.24) is 14.9 Å². The van der Waals surface area contributed by atoms with Crippen molar-refractivity contribution in [3.63, 3.8) is 0 Å². The number of anilines is 2. The Bertz CT molecular complexity index is 738. The molecule has 0 bridgehead atoms. The molecule has 1 aromatic carbocycles. The molecule has 7 nitrogen and oxygen atoms in total. The van der Waals surface area contributed by atoms with E-state index in [4.69, 9.17) is 10.5 Å². The van der Waals surface area contributed by atoms with Crippen molar-refractivity contribution >= 4 is 11.8 Å². The van der Waals surface area contributed by atoms with E-state index in [0.29, 0.717) is 18.4 Å². The van der Waals surface area contributed by atoms with Crippen LogP contribution in [0.15, 0.2) is 30.5 Å². The summed E-state index contributed by atoms with van der Waals surface area (Å²) < 4.78 is 5.51. The van der Waals surface area contributed by atoms with E-state index in [2.05, 4.69) is 31.9 Å². The van der Waals surface area contributed by atoms with Crippen LogP contribution < -0.4 is 15.4 Å². The molecule has 27 heavy (non-hydrogen) atoms. The highest BCUT2D eigenvalue weighted by Gasteiger charge is 2.28. The predicted octanol–water partition coefficient (Wildman–Crippen LogP) is 1.84. The molecular formula is C20H29N5O2. The van der Waals surface area contributed by atoms with Crippen molar-refractivity contribution in [2.75, 3.05) is 43.5 Å². The first-order chi connectivity index (χ1) is 13.1. The molecule has 3 rings (SSSR count). The zero-order chi connectivity index (χ0) is 19.2. The number of benzene rings is 1. The topological polar surface area (TPSA) is 87.7 Å². The zero-order valence-electron chi connectivity index (χ0n) is 16.1. The zero-order valence-corrected chi connectivity index (χ0v) is 16.1. The Morgan fingerprint density at radius 3 is 2.70 bits per heavy atom. The van der Waals surface area contributed by atoms with Crippen LogP contribution in [-0.2, 0) is 6.54 Å². The van der Waals surface area contributed by atoms with Crippen LogP contribution in [0.1, 0.15) is 24.5 Å². The predicted molar refractivity (Wildman–Crippen MR) is 107 cm³/mol. The normalized spacial score (nSPS) is 17.9. The van der Waals surface area contributed by atoms with Crippen molar-refractivity contribution in [3.05, 3.63) is 41.6 Å². The lowest BCUT2D eigenvalue weighted by atomic mass is 10.1. The monoisotopic (exact) mass is 371 g/mol. The molecule has 0 amide bonds. The van der Waals surface area contributed by atoms with Gasteiger partial charge in [-0.2, -0.15) is 4.98 Å². The number of nitrogens with zero attached hydrogens (tertiary/aromatic N) is 4. The van der Waals surface area contributed by atoms with Gasteiger partial charge < -0.3 is 20.5 Å². The Morgan fingerprint density at radius 2 is 2.04 bits per heavy atom. The van der Waals surface area contributed by atoms with E-state index in [1.54, 1.807) is 6.20 Å². The van der Waals surface area contributed by atoms with Crippen LogP contribution in [0.5, 0.6) is 5.75 Å². The van der Waals surface area contributed by atoms with Gasteiger partial charge in [0.25, 0.3) is 0 Å². The van der Waals surface area contributed by atoms with Crippen molar-refractivity contribution in [2.45, 2.75) is 32.9 Å². The van der Waals surface area contributed by atoms with Crippen LogP contribution >= 0.6 is 0 Å². The molecule has 3 N–H and O–H groups in total. The van der Waals surface area contributed by atoms with Crippen LogP contribution in [0.3, 0.4) is 0 Å². The summed E-state index contributed by atoms with van der Waals surface area (Å²) in [6.07, 6.45) is 2.49. The van der Waals surface area contributed by atoms with Gasteiger partial charge in [-0.1, -0.05) is 12.1 Å². The molecule has 1 aliphatic heterocycles. The molecule has 146 valence electrons. The summed E-state index contributed by atoms with van der Waals surface area (Å²) in [6, 6.07) is 8.48. The van der Waals surface area contributed by atoms with Gasteiger partial charge in [0.05, 0.1) is 6.61 Å². The number of aryl methyl sites for hydroxylation is 1. The maximum Gasteiger partial charge on any atom is 0.227 e. The first-order valence-electron chi connectivity index (χ1n) is 9.51. The minimum Gasteiger partial charge on any atom is -0.494 e. The third-order valence-electron chi connectivity index (χ3n) is 4.97. The van der Waals surface area contributed by atoms with Crippen LogP contribution in [0, 0.1) is 6.92 Å². The quantitative estimate of drug-likeness (QED) is 0.768. The molecular weight excluding hydrogens is 342 g/mol. The lowest BCUT2D eigenvalue weighted by molar-refractivity contribution is 0.135. The summed E-state index contributed by atoms with van der Waals surface area (Å²) in [7, 11) is 0. The second-order valence-electron chi connectivity index (χ2n) is 6.90. The average Bonchev–Trinajstić information content (AvgIpc) is 2.67. The molecule has 1 aromatic heterocycles. The number of aliphatic hydroxyl groups excluding tert-OH is 1. The van der Waals surface area contributed by atoms with E-state index in [9.17, 15) is 5.11 Å². The Morgan fingerprint density at radius 1 is 1.26 bits per heavy atom. The average molecular weight is 371 g/mol. The molecule has 0 radical (unpaired) electrons. The highest BCUT2D eigenvalue weighted by atomic mass is 16.5. The highest BCUT2D eigenvalue weighted by molar-refractivity contribution is 5.44. The molecule has 1 aliphatic rings. The summed E-state index contributed by atoms with van der Waals surface area (Å²) in [5.74, 6) is 2.09. The van der Waals surface area contributed by atoms with Gasteiger partial charge in [-0.25, -0.2) is 4.98 Å². The maximum atomic E-state index is 9.52. The van der Waals surface area contributed by atoms with Gasteiger partial charge in [0, 0.05) is 50.6 Å². The minimum absolute atomic E-state index is 0.162. The number of nitrogens with two attached hydrogens (primary N) is 1. The SMILES string of the molecule is CCOc1ccc(CN2CCN(c3ncc(C)c(N)n3)CC2CCO)cc1. The van der Waals surface area contributed by atoms with Crippen molar-refractivity contribution in [1.29, 1.82) is 0 Å². The standard InChI is InChI=1S/C20H29N5O2/c1-3-27-18-6-4-16(5-7-18)13-24-9-10-25(14-17(24)8-11-26)20-22-12-15(2)19(21)23-20/h4-7,12,17,26H,3,8-11,13-14H2,1-2H3,(H2,21,22,23). The molecule has 0 saturated carbocycles. The minimum atomic E-state index is 0.162. The van der Waals surface area contributed by atoms with Gasteiger partial charge >= 0.3 is 0 Å². The Balaban J connectivity index is 1.67. The molecule has 2 aromatic rings. The van der Waals surface area contributed by atoms with Crippen molar-refractivity contribution in [3.8, 4) is 5.75 Å². The number of ether oxygens (including phenoxy) is 1. The summed E-state index contributed by atoms with van der Waals surface area (Å²) in [5.41, 5.74) is 8.08. The van der Waals surface area contributed by atoms with Gasteiger partial charge in [0.2, 0.25) is 5.95 Å². The summed E-state index contributed by atoms with van der Waals surface area (Å²) in [4.78, 5) is 13.4. The molecule has 0 spiro atoms. The van der Waals surface area contributed by atoms with E-state index in [-0.39, 0.29) is 12.6 Å². The van der Waals surface area contributed by atoms with Crippen LogP contribution in [0.4, 0.5) is 11.8 Å². The lowest BCUT2D eigenvalue weighted by Crippen LogP contribution is -2.53. The largest absolute Gasteiger partial charge is 0.494 e. The maximum absolute atomic E-state index is 9.52. The van der Waals surface area contributed by atoms with Crippen molar-refractivity contribution < 1.29 is 9.84 Å². The van der Waals surface area contributed by atoms with Gasteiger partial charge in [0.15, 0.2) is 0 Å². The molecule has 2 heterocycles. The first kappa shape index (κ1) is 19.4. The summed E-state index contributed by atoms with van der Waals surface area (Å²) in [6.45, 7) is 8.07. The molecule has 7 heteroatoms. The molecule has 1 unspecified atom stereocenters. The molecule has 1 fully saturated rings. The second kappa shape index (κ2) is 9.01. The van der Waals surface area contributed by atoms with Crippen molar-refractivity contribution in [2.24, 2.45) is 0 Å². The number of nitrogen functional groups attached to an aromatic ring is 1. The number of rotatable bonds is 7. The summed E-state index contributed by atoms with van der Waals surface area (Å²) in [5, 5.41) is 9.52. The third-order valence-corrected chi connectivity index (χ3v) is 4.97. The molecule has 1 atom stereocenters. The van der Waals surface area contributed by atoms with Gasteiger partial charge in [-0.05, 0) is 38.0 Å². The Kier molecular flexibility index (Phi) is 6.47. The number of aliphatic hydroxyl groups is 1. The Hall–Kier alpha value is -2.38. The lowest BCUT2D eigenvalue weighted by Gasteiger charge is -2.41. The van der Waals surface area contributed by atoms with Gasteiger partial charge in [-0.15, -0.1) is 0 Å². The smallest absolute Gasteiger partial charge is 0.227 e. The highest BCUT2D eigenvalue weighted by Crippen LogP contribution is 2.22. The van der Waals surface area contributed by atoms with E-state index in [1.165, 1.54) is 5.56 Å². The number of piperazine rings is 1. The number of aromatic nitrogens is 2. The second-order valence-corrected chi connectivity index (χ2v) is 6.90. The van der Waals surface area contributed by atoms with Gasteiger partial charge in [0.1, 0.15) is 11.6 Å².